The molecule has 0 aliphatic heterocycles. The molecule has 2 N–H and O–H groups in total. The first-order valence-corrected chi connectivity index (χ1v) is 5.44. The first-order valence-electron chi connectivity index (χ1n) is 5.44. The molecular weight excluding hydrogens is 232 g/mol. The van der Waals surface area contributed by atoms with Crippen molar-refractivity contribution in [3.8, 4) is 0 Å². The predicted octanol–water partition coefficient (Wildman–Crippen LogP) is 0.967. The van der Waals surface area contributed by atoms with Gasteiger partial charge in [0.15, 0.2) is 0 Å². The number of carboxylic acids is 1. The van der Waals surface area contributed by atoms with E-state index >= 15 is 0 Å². The summed E-state index contributed by atoms with van der Waals surface area (Å²) in [5, 5.41) is 10.6. The monoisotopic (exact) mass is 248 g/mol. The summed E-state index contributed by atoms with van der Waals surface area (Å²) in [5.74, 6) is -1.49. The van der Waals surface area contributed by atoms with Crippen LogP contribution in [-0.2, 0) is 9.59 Å². The summed E-state index contributed by atoms with van der Waals surface area (Å²) in [6, 6.07) is 7.65. The maximum atomic E-state index is 11.2. The van der Waals surface area contributed by atoms with Crippen LogP contribution in [0.25, 0.3) is 6.08 Å². The molecule has 1 aromatic rings. The van der Waals surface area contributed by atoms with E-state index < -0.39 is 11.9 Å². The zero-order valence-corrected chi connectivity index (χ0v) is 10.4. The molecule has 18 heavy (non-hydrogen) atoms. The van der Waals surface area contributed by atoms with Gasteiger partial charge in [0.2, 0.25) is 5.91 Å². The minimum atomic E-state index is -1.06. The maximum Gasteiger partial charge on any atom is 0.322 e. The fourth-order valence-corrected chi connectivity index (χ4v) is 1.28. The van der Waals surface area contributed by atoms with Crippen molar-refractivity contribution in [2.45, 2.75) is 0 Å². The maximum absolute atomic E-state index is 11.2. The van der Waals surface area contributed by atoms with Crippen molar-refractivity contribution < 1.29 is 14.7 Å². The molecule has 0 bridgehead atoms. The molecule has 0 aliphatic carbocycles. The quantitative estimate of drug-likeness (QED) is 0.762. The van der Waals surface area contributed by atoms with Gasteiger partial charge in [-0.05, 0) is 23.8 Å². The van der Waals surface area contributed by atoms with Crippen LogP contribution in [0.1, 0.15) is 5.56 Å². The molecule has 0 spiro atoms. The second kappa shape index (κ2) is 6.44. The summed E-state index contributed by atoms with van der Waals surface area (Å²) < 4.78 is 0. The number of amides is 1. The van der Waals surface area contributed by atoms with Crippen molar-refractivity contribution >= 4 is 23.6 Å². The first-order chi connectivity index (χ1) is 8.49. The molecule has 5 nitrogen and oxygen atoms in total. The van der Waals surface area contributed by atoms with Crippen LogP contribution in [0.3, 0.4) is 0 Å². The zero-order valence-electron chi connectivity index (χ0n) is 10.4. The van der Waals surface area contributed by atoms with E-state index in [-0.39, 0.29) is 6.54 Å². The summed E-state index contributed by atoms with van der Waals surface area (Å²) in [7, 11) is 3.90. The molecule has 1 amide bonds. The number of anilines is 1. The van der Waals surface area contributed by atoms with Gasteiger partial charge in [0, 0.05) is 25.9 Å². The van der Waals surface area contributed by atoms with Gasteiger partial charge < -0.3 is 15.3 Å². The highest BCUT2D eigenvalue weighted by molar-refractivity contribution is 5.93. The van der Waals surface area contributed by atoms with E-state index in [9.17, 15) is 9.59 Å². The lowest BCUT2D eigenvalue weighted by atomic mass is 10.2. The molecule has 0 heterocycles. The number of carboxylic acid groups (broad SMARTS) is 1. The highest BCUT2D eigenvalue weighted by Gasteiger charge is 1.99. The Morgan fingerprint density at radius 3 is 2.39 bits per heavy atom. The van der Waals surface area contributed by atoms with Crippen molar-refractivity contribution in [2.75, 3.05) is 25.5 Å². The van der Waals surface area contributed by atoms with E-state index in [0.717, 1.165) is 11.3 Å². The lowest BCUT2D eigenvalue weighted by Gasteiger charge is -2.11. The summed E-state index contributed by atoms with van der Waals surface area (Å²) in [5.41, 5.74) is 1.95. The van der Waals surface area contributed by atoms with Crippen LogP contribution in [0.15, 0.2) is 30.3 Å². The number of benzene rings is 1. The second-order valence-corrected chi connectivity index (χ2v) is 3.93. The Hall–Kier alpha value is -2.30. The van der Waals surface area contributed by atoms with Crippen molar-refractivity contribution in [3.05, 3.63) is 35.9 Å². The Balaban J connectivity index is 2.56. The predicted molar refractivity (Wildman–Crippen MR) is 70.4 cm³/mol. The Bertz CT molecular complexity index is 450. The second-order valence-electron chi connectivity index (χ2n) is 3.93. The standard InChI is InChI=1S/C13H16N2O3/c1-15(2)11-6-3-10(4-7-11)5-8-12(16)14-9-13(17)18/h3-8H,9H2,1-2H3,(H,14,16)(H,17,18)/b8-5+. The molecule has 0 saturated heterocycles. The first kappa shape index (κ1) is 13.8. The van der Waals surface area contributed by atoms with Gasteiger partial charge in [0.1, 0.15) is 6.54 Å². The van der Waals surface area contributed by atoms with Crippen molar-refractivity contribution in [1.82, 2.24) is 5.32 Å². The fraction of sp³-hybridized carbons (Fsp3) is 0.231. The third-order valence-corrected chi connectivity index (χ3v) is 2.25. The summed E-state index contributed by atoms with van der Waals surface area (Å²) >= 11 is 0. The van der Waals surface area contributed by atoms with Gasteiger partial charge in [-0.15, -0.1) is 0 Å². The molecule has 0 unspecified atom stereocenters. The molecule has 0 aromatic heterocycles. The molecule has 0 fully saturated rings. The molecule has 1 aromatic carbocycles. The summed E-state index contributed by atoms with van der Waals surface area (Å²) in [6.45, 7) is -0.372. The minimum Gasteiger partial charge on any atom is -0.480 e. The van der Waals surface area contributed by atoms with Crippen molar-refractivity contribution in [3.63, 3.8) is 0 Å². The molecule has 5 heteroatoms. The van der Waals surface area contributed by atoms with E-state index in [1.165, 1.54) is 6.08 Å². The summed E-state index contributed by atoms with van der Waals surface area (Å²) in [4.78, 5) is 23.4. The number of nitrogens with zero attached hydrogens (tertiary/aromatic N) is 1. The normalized spacial score (nSPS) is 10.3. The topological polar surface area (TPSA) is 69.6 Å². The molecule has 0 atom stereocenters. The molecular formula is C13H16N2O3. The zero-order chi connectivity index (χ0) is 13.5. The number of rotatable bonds is 5. The van der Waals surface area contributed by atoms with Gasteiger partial charge in [-0.25, -0.2) is 0 Å². The molecule has 0 saturated carbocycles. The highest BCUT2D eigenvalue weighted by Crippen LogP contribution is 2.12. The number of aliphatic carboxylic acids is 1. The van der Waals surface area contributed by atoms with Crippen LogP contribution in [0.2, 0.25) is 0 Å². The molecule has 0 aliphatic rings. The van der Waals surface area contributed by atoms with Gasteiger partial charge in [0.25, 0.3) is 0 Å². The molecule has 96 valence electrons. The number of carbonyl (C=O) groups excluding carboxylic acids is 1. The van der Waals surface area contributed by atoms with Crippen LogP contribution in [0.5, 0.6) is 0 Å². The van der Waals surface area contributed by atoms with E-state index in [1.807, 2.05) is 43.3 Å². The Labute approximate surface area is 106 Å². The van der Waals surface area contributed by atoms with E-state index in [4.69, 9.17) is 5.11 Å². The van der Waals surface area contributed by atoms with Crippen molar-refractivity contribution in [2.24, 2.45) is 0 Å². The highest BCUT2D eigenvalue weighted by atomic mass is 16.4. The minimum absolute atomic E-state index is 0.372. The van der Waals surface area contributed by atoms with Gasteiger partial charge in [-0.1, -0.05) is 12.1 Å². The number of hydrogen-bond donors (Lipinski definition) is 2. The smallest absolute Gasteiger partial charge is 0.322 e. The van der Waals surface area contributed by atoms with Crippen LogP contribution < -0.4 is 10.2 Å². The van der Waals surface area contributed by atoms with Crippen LogP contribution >= 0.6 is 0 Å². The van der Waals surface area contributed by atoms with E-state index in [1.54, 1.807) is 6.08 Å². The number of carbonyl (C=O) groups is 2. The summed E-state index contributed by atoms with van der Waals surface area (Å²) in [6.07, 6.45) is 2.95. The average molecular weight is 248 g/mol. The number of nitrogens with one attached hydrogen (secondary N) is 1. The van der Waals surface area contributed by atoms with Gasteiger partial charge in [-0.3, -0.25) is 9.59 Å². The average Bonchev–Trinajstić information content (AvgIpc) is 2.34. The molecule has 1 rings (SSSR count). The van der Waals surface area contributed by atoms with Crippen LogP contribution in [0, 0.1) is 0 Å². The van der Waals surface area contributed by atoms with Crippen LogP contribution in [-0.4, -0.2) is 37.6 Å². The van der Waals surface area contributed by atoms with Gasteiger partial charge >= 0.3 is 5.97 Å². The fourth-order valence-electron chi connectivity index (χ4n) is 1.28. The van der Waals surface area contributed by atoms with E-state index in [2.05, 4.69) is 5.32 Å². The van der Waals surface area contributed by atoms with Gasteiger partial charge in [-0.2, -0.15) is 0 Å². The third-order valence-electron chi connectivity index (χ3n) is 2.25. The van der Waals surface area contributed by atoms with Crippen LogP contribution in [0.4, 0.5) is 5.69 Å². The van der Waals surface area contributed by atoms with Crippen molar-refractivity contribution in [1.29, 1.82) is 0 Å². The largest absolute Gasteiger partial charge is 0.480 e. The Morgan fingerprint density at radius 1 is 1.28 bits per heavy atom. The Kier molecular flexibility index (Phi) is 4.92. The van der Waals surface area contributed by atoms with Gasteiger partial charge in [0.05, 0.1) is 0 Å². The van der Waals surface area contributed by atoms with E-state index in [0.29, 0.717) is 0 Å². The SMILES string of the molecule is CN(C)c1ccc(/C=C/C(=O)NCC(=O)O)cc1. The lowest BCUT2D eigenvalue weighted by Crippen LogP contribution is -2.27. The number of hydrogen-bond acceptors (Lipinski definition) is 3. The lowest BCUT2D eigenvalue weighted by molar-refractivity contribution is -0.137. The molecule has 0 radical (unpaired) electrons. The third kappa shape index (κ3) is 4.69. The Morgan fingerprint density at radius 2 is 1.89 bits per heavy atom.